The number of hydrogen-bond donors (Lipinski definition) is 1. The van der Waals surface area contributed by atoms with Gasteiger partial charge in [-0.05, 0) is 0 Å². The Balaban J connectivity index is 2.55. The summed E-state index contributed by atoms with van der Waals surface area (Å²) in [6.45, 7) is 3.65. The molecule has 2 atom stereocenters. The molecule has 0 aliphatic carbocycles. The quantitative estimate of drug-likeness (QED) is 0.688. The van der Waals surface area contributed by atoms with Crippen molar-refractivity contribution in [1.29, 1.82) is 0 Å². The molecule has 1 aliphatic rings. The number of halogens is 3. The number of rotatable bonds is 2. The summed E-state index contributed by atoms with van der Waals surface area (Å²) < 4.78 is 46.5. The highest BCUT2D eigenvalue weighted by atomic mass is 19.4. The van der Waals surface area contributed by atoms with Crippen molar-refractivity contribution >= 4 is 0 Å². The van der Waals surface area contributed by atoms with Crippen LogP contribution in [0.25, 0.3) is 0 Å². The predicted molar refractivity (Wildman–Crippen MR) is 43.7 cm³/mol. The summed E-state index contributed by atoms with van der Waals surface area (Å²) in [6.07, 6.45) is -5.22. The van der Waals surface area contributed by atoms with Crippen LogP contribution in [-0.4, -0.2) is 38.1 Å². The molecule has 0 aromatic carbocycles. The number of hydrogen-bond acceptors (Lipinski definition) is 3. The molecule has 0 aromatic rings. The van der Waals surface area contributed by atoms with E-state index in [0.29, 0.717) is 6.61 Å². The van der Waals surface area contributed by atoms with Gasteiger partial charge in [0.25, 0.3) is 0 Å². The predicted octanol–water partition coefficient (Wildman–Crippen LogP) is 0.848. The van der Waals surface area contributed by atoms with Crippen molar-refractivity contribution in [3.05, 3.63) is 12.2 Å². The van der Waals surface area contributed by atoms with E-state index >= 15 is 0 Å². The molecule has 6 heteroatoms. The van der Waals surface area contributed by atoms with Crippen LogP contribution in [0.4, 0.5) is 13.2 Å². The molecule has 0 amide bonds. The van der Waals surface area contributed by atoms with Crippen LogP contribution in [0.3, 0.4) is 0 Å². The van der Waals surface area contributed by atoms with Gasteiger partial charge in [-0.3, -0.25) is 0 Å². The number of alkyl halides is 3. The summed E-state index contributed by atoms with van der Waals surface area (Å²) >= 11 is 0. The van der Waals surface area contributed by atoms with E-state index in [-0.39, 0.29) is 13.2 Å². The van der Waals surface area contributed by atoms with E-state index in [1.165, 1.54) is 0 Å². The highest BCUT2D eigenvalue weighted by Crippen LogP contribution is 2.28. The average molecular weight is 211 g/mol. The molecule has 1 saturated heterocycles. The van der Waals surface area contributed by atoms with Crippen LogP contribution in [-0.2, 0) is 9.47 Å². The van der Waals surface area contributed by atoms with Crippen LogP contribution < -0.4 is 5.73 Å². The van der Waals surface area contributed by atoms with E-state index in [0.717, 1.165) is 0 Å². The van der Waals surface area contributed by atoms with E-state index in [1.54, 1.807) is 0 Å². The van der Waals surface area contributed by atoms with Crippen molar-refractivity contribution < 1.29 is 22.6 Å². The molecule has 1 fully saturated rings. The van der Waals surface area contributed by atoms with Gasteiger partial charge < -0.3 is 15.2 Å². The van der Waals surface area contributed by atoms with Crippen molar-refractivity contribution in [3.8, 4) is 0 Å². The maximum absolute atomic E-state index is 12.2. The van der Waals surface area contributed by atoms with Gasteiger partial charge in [0.2, 0.25) is 0 Å². The topological polar surface area (TPSA) is 44.5 Å². The van der Waals surface area contributed by atoms with E-state index in [9.17, 15) is 13.2 Å². The molecule has 2 unspecified atom stereocenters. The van der Waals surface area contributed by atoms with Gasteiger partial charge in [0, 0.05) is 5.57 Å². The van der Waals surface area contributed by atoms with Crippen molar-refractivity contribution in [2.45, 2.75) is 18.3 Å². The molecular weight excluding hydrogens is 199 g/mol. The van der Waals surface area contributed by atoms with E-state index < -0.39 is 23.9 Å². The Hall–Kier alpha value is -0.590. The Morgan fingerprint density at radius 1 is 1.43 bits per heavy atom. The fraction of sp³-hybridized carbons (Fsp3) is 0.750. The third-order valence-electron chi connectivity index (χ3n) is 2.01. The second kappa shape index (κ2) is 4.29. The van der Waals surface area contributed by atoms with Crippen LogP contribution in [0, 0.1) is 0 Å². The van der Waals surface area contributed by atoms with E-state index in [2.05, 4.69) is 6.58 Å². The molecule has 82 valence electrons. The SMILES string of the molecule is C=C(C(N)C1COCCO1)C(F)(F)F. The molecule has 0 saturated carbocycles. The van der Waals surface area contributed by atoms with Gasteiger partial charge in [0.15, 0.2) is 0 Å². The standard InChI is InChI=1S/C8H12F3NO2/c1-5(8(9,10)11)7(12)6-4-13-2-3-14-6/h6-7H,1-4,12H2. The third kappa shape index (κ3) is 2.70. The van der Waals surface area contributed by atoms with Gasteiger partial charge >= 0.3 is 6.18 Å². The summed E-state index contributed by atoms with van der Waals surface area (Å²) in [6, 6.07) is -1.25. The minimum Gasteiger partial charge on any atom is -0.376 e. The van der Waals surface area contributed by atoms with Crippen molar-refractivity contribution in [1.82, 2.24) is 0 Å². The van der Waals surface area contributed by atoms with Gasteiger partial charge in [-0.15, -0.1) is 0 Å². The van der Waals surface area contributed by atoms with Gasteiger partial charge in [-0.25, -0.2) is 0 Å². The lowest BCUT2D eigenvalue weighted by Gasteiger charge is -2.29. The van der Waals surface area contributed by atoms with Crippen molar-refractivity contribution in [2.24, 2.45) is 5.73 Å². The molecule has 2 N–H and O–H groups in total. The second-order valence-electron chi connectivity index (χ2n) is 3.03. The monoisotopic (exact) mass is 211 g/mol. The normalized spacial score (nSPS) is 25.9. The minimum atomic E-state index is -4.47. The van der Waals surface area contributed by atoms with Crippen LogP contribution in [0.2, 0.25) is 0 Å². The summed E-state index contributed by atoms with van der Waals surface area (Å²) in [5.41, 5.74) is 4.37. The van der Waals surface area contributed by atoms with Gasteiger partial charge in [-0.1, -0.05) is 6.58 Å². The number of ether oxygens (including phenoxy) is 2. The maximum atomic E-state index is 12.2. The largest absolute Gasteiger partial charge is 0.413 e. The first-order valence-corrected chi connectivity index (χ1v) is 4.14. The van der Waals surface area contributed by atoms with Crippen LogP contribution in [0.5, 0.6) is 0 Å². The summed E-state index contributed by atoms with van der Waals surface area (Å²) in [7, 11) is 0. The Morgan fingerprint density at radius 2 is 2.07 bits per heavy atom. The molecule has 1 aliphatic heterocycles. The summed E-state index contributed by atoms with van der Waals surface area (Å²) in [5.74, 6) is 0. The molecule has 0 radical (unpaired) electrons. The first kappa shape index (κ1) is 11.5. The Morgan fingerprint density at radius 3 is 2.50 bits per heavy atom. The molecule has 14 heavy (non-hydrogen) atoms. The lowest BCUT2D eigenvalue weighted by atomic mass is 10.0. The van der Waals surface area contributed by atoms with Gasteiger partial charge in [-0.2, -0.15) is 13.2 Å². The molecule has 1 rings (SSSR count). The molecule has 3 nitrogen and oxygen atoms in total. The van der Waals surface area contributed by atoms with Gasteiger partial charge in [0.1, 0.15) is 6.10 Å². The van der Waals surface area contributed by atoms with Crippen LogP contribution >= 0.6 is 0 Å². The molecule has 1 heterocycles. The zero-order valence-electron chi connectivity index (χ0n) is 7.51. The first-order chi connectivity index (χ1) is 6.43. The fourth-order valence-corrected chi connectivity index (χ4v) is 1.13. The van der Waals surface area contributed by atoms with Crippen molar-refractivity contribution in [3.63, 3.8) is 0 Å². The molecule has 0 spiro atoms. The van der Waals surface area contributed by atoms with E-state index in [4.69, 9.17) is 15.2 Å². The van der Waals surface area contributed by atoms with Crippen LogP contribution in [0.1, 0.15) is 0 Å². The Bertz CT molecular complexity index is 211. The van der Waals surface area contributed by atoms with E-state index in [1.807, 2.05) is 0 Å². The third-order valence-corrected chi connectivity index (χ3v) is 2.01. The smallest absolute Gasteiger partial charge is 0.376 e. The summed E-state index contributed by atoms with van der Waals surface area (Å²) in [5, 5.41) is 0. The zero-order valence-corrected chi connectivity index (χ0v) is 7.51. The van der Waals surface area contributed by atoms with Crippen molar-refractivity contribution in [2.75, 3.05) is 19.8 Å². The minimum absolute atomic E-state index is 0.0796. The summed E-state index contributed by atoms with van der Waals surface area (Å²) in [4.78, 5) is 0. The molecule has 0 aromatic heterocycles. The highest BCUT2D eigenvalue weighted by molar-refractivity contribution is 5.13. The molecular formula is C8H12F3NO2. The van der Waals surface area contributed by atoms with Crippen LogP contribution in [0.15, 0.2) is 12.2 Å². The van der Waals surface area contributed by atoms with Gasteiger partial charge in [0.05, 0.1) is 25.9 Å². The maximum Gasteiger partial charge on any atom is 0.413 e. The molecule has 0 bridgehead atoms. The lowest BCUT2D eigenvalue weighted by Crippen LogP contribution is -2.47. The fourth-order valence-electron chi connectivity index (χ4n) is 1.13. The zero-order chi connectivity index (χ0) is 10.8. The first-order valence-electron chi connectivity index (χ1n) is 4.14. The lowest BCUT2D eigenvalue weighted by molar-refractivity contribution is -0.121. The highest BCUT2D eigenvalue weighted by Gasteiger charge is 2.39. The second-order valence-corrected chi connectivity index (χ2v) is 3.03. The average Bonchev–Trinajstić information content (AvgIpc) is 2.15. The Labute approximate surface area is 79.7 Å². The number of nitrogens with two attached hydrogens (primary N) is 1. The Kier molecular flexibility index (Phi) is 3.52.